The average Bonchev–Trinajstić information content (AvgIpc) is 2.77. The van der Waals surface area contributed by atoms with Gasteiger partial charge in [-0.25, -0.2) is 4.79 Å². The summed E-state index contributed by atoms with van der Waals surface area (Å²) in [7, 11) is 3.28. The highest BCUT2D eigenvalue weighted by atomic mass is 35.5. The first-order chi connectivity index (χ1) is 14.9. The molecule has 2 aromatic carbocycles. The molecule has 0 saturated heterocycles. The summed E-state index contributed by atoms with van der Waals surface area (Å²) in [6, 6.07) is 13.5. The van der Waals surface area contributed by atoms with Crippen LogP contribution < -0.4 is 20.5 Å². The van der Waals surface area contributed by atoms with E-state index >= 15 is 0 Å². The van der Waals surface area contributed by atoms with E-state index in [9.17, 15) is 9.59 Å². The standard InChI is InChI=1S/C21H20Cl2N4O4/c1-26(11-12-31-21(29)25-15-5-3-14(22)4-6-15)18-13-24-27(20(28)19(18)23)16-7-9-17(30-2)10-8-16/h3-10,13H,11-12H2,1-2H3,(H,25,29). The number of amides is 1. The Morgan fingerprint density at radius 2 is 1.81 bits per heavy atom. The second-order valence-electron chi connectivity index (χ2n) is 6.45. The molecule has 1 amide bonds. The third-order valence-electron chi connectivity index (χ3n) is 4.38. The van der Waals surface area contributed by atoms with Crippen LogP contribution in [0, 0.1) is 0 Å². The topological polar surface area (TPSA) is 85.7 Å². The van der Waals surface area contributed by atoms with Gasteiger partial charge in [0.05, 0.1) is 31.2 Å². The number of nitrogens with one attached hydrogen (secondary N) is 1. The van der Waals surface area contributed by atoms with E-state index in [1.165, 1.54) is 10.9 Å². The second kappa shape index (κ2) is 10.2. The fraction of sp³-hybridized carbons (Fsp3) is 0.190. The molecule has 0 bridgehead atoms. The summed E-state index contributed by atoms with van der Waals surface area (Å²) in [4.78, 5) is 26.2. The van der Waals surface area contributed by atoms with Gasteiger partial charge in [0.15, 0.2) is 0 Å². The lowest BCUT2D eigenvalue weighted by molar-refractivity contribution is 0.164. The molecule has 0 atom stereocenters. The Kier molecular flexibility index (Phi) is 7.38. The molecule has 0 saturated carbocycles. The molecule has 3 rings (SSSR count). The van der Waals surface area contributed by atoms with Gasteiger partial charge in [-0.1, -0.05) is 23.2 Å². The number of hydrogen-bond acceptors (Lipinski definition) is 6. The minimum absolute atomic E-state index is 0.0129. The van der Waals surface area contributed by atoms with Crippen LogP contribution in [0.15, 0.2) is 59.5 Å². The summed E-state index contributed by atoms with van der Waals surface area (Å²) in [5.74, 6) is 0.666. The largest absolute Gasteiger partial charge is 0.497 e. The molecular weight excluding hydrogens is 443 g/mol. The maximum Gasteiger partial charge on any atom is 0.411 e. The predicted octanol–water partition coefficient (Wildman–Crippen LogP) is 4.23. The Morgan fingerprint density at radius 1 is 1.13 bits per heavy atom. The summed E-state index contributed by atoms with van der Waals surface area (Å²) >= 11 is 12.1. The van der Waals surface area contributed by atoms with Gasteiger partial charge in [0.2, 0.25) is 0 Å². The van der Waals surface area contributed by atoms with Crippen molar-refractivity contribution in [2.45, 2.75) is 0 Å². The number of rotatable bonds is 7. The molecule has 3 aromatic rings. The van der Waals surface area contributed by atoms with Gasteiger partial charge in [0.1, 0.15) is 17.4 Å². The van der Waals surface area contributed by atoms with Crippen LogP contribution in [-0.4, -0.2) is 43.2 Å². The molecule has 162 valence electrons. The summed E-state index contributed by atoms with van der Waals surface area (Å²) in [5.41, 5.74) is 1.09. The van der Waals surface area contributed by atoms with Gasteiger partial charge in [-0.2, -0.15) is 9.78 Å². The fourth-order valence-electron chi connectivity index (χ4n) is 2.68. The smallest absolute Gasteiger partial charge is 0.411 e. The van der Waals surface area contributed by atoms with E-state index in [-0.39, 0.29) is 11.6 Å². The normalized spacial score (nSPS) is 10.5. The lowest BCUT2D eigenvalue weighted by atomic mass is 10.3. The maximum atomic E-state index is 12.7. The Hall–Kier alpha value is -3.23. The number of methoxy groups -OCH3 is 1. The molecule has 0 aliphatic heterocycles. The quantitative estimate of drug-likeness (QED) is 0.565. The number of halogens is 2. The zero-order valence-electron chi connectivity index (χ0n) is 16.8. The molecule has 1 N–H and O–H groups in total. The zero-order valence-corrected chi connectivity index (χ0v) is 18.4. The van der Waals surface area contributed by atoms with Crippen LogP contribution >= 0.6 is 23.2 Å². The molecule has 1 aromatic heterocycles. The monoisotopic (exact) mass is 462 g/mol. The van der Waals surface area contributed by atoms with Crippen molar-refractivity contribution >= 4 is 40.7 Å². The Morgan fingerprint density at radius 3 is 2.45 bits per heavy atom. The average molecular weight is 463 g/mol. The van der Waals surface area contributed by atoms with Crippen LogP contribution in [0.5, 0.6) is 5.75 Å². The minimum Gasteiger partial charge on any atom is -0.497 e. The number of likely N-dealkylation sites (N-methyl/N-ethyl adjacent to an activating group) is 1. The highest BCUT2D eigenvalue weighted by molar-refractivity contribution is 6.33. The Bertz CT molecular complexity index is 1100. The van der Waals surface area contributed by atoms with E-state index in [4.69, 9.17) is 32.7 Å². The van der Waals surface area contributed by atoms with Gasteiger partial charge in [0.25, 0.3) is 5.56 Å². The van der Waals surface area contributed by atoms with Crippen molar-refractivity contribution in [3.63, 3.8) is 0 Å². The first-order valence-electron chi connectivity index (χ1n) is 9.22. The van der Waals surface area contributed by atoms with Crippen molar-refractivity contribution in [3.05, 3.63) is 75.1 Å². The van der Waals surface area contributed by atoms with Crippen LogP contribution in [0.25, 0.3) is 5.69 Å². The van der Waals surface area contributed by atoms with Crippen molar-refractivity contribution in [2.24, 2.45) is 0 Å². The van der Waals surface area contributed by atoms with E-state index in [0.29, 0.717) is 34.4 Å². The van der Waals surface area contributed by atoms with Gasteiger partial charge < -0.3 is 14.4 Å². The molecule has 10 heteroatoms. The Labute approximate surface area is 188 Å². The molecule has 8 nitrogen and oxygen atoms in total. The summed E-state index contributed by atoms with van der Waals surface area (Å²) in [5, 5.41) is 7.38. The molecule has 0 spiro atoms. The minimum atomic E-state index is -0.602. The van der Waals surface area contributed by atoms with Gasteiger partial charge in [0, 0.05) is 17.8 Å². The third-order valence-corrected chi connectivity index (χ3v) is 4.99. The van der Waals surface area contributed by atoms with Gasteiger partial charge >= 0.3 is 6.09 Å². The first-order valence-corrected chi connectivity index (χ1v) is 9.97. The molecule has 0 fully saturated rings. The molecule has 0 aliphatic carbocycles. The SMILES string of the molecule is COc1ccc(-n2ncc(N(C)CCOC(=O)Nc3ccc(Cl)cc3)c(Cl)c2=O)cc1. The summed E-state index contributed by atoms with van der Waals surface area (Å²) in [6.07, 6.45) is 0.886. The van der Waals surface area contributed by atoms with Crippen LogP contribution in [0.3, 0.4) is 0 Å². The number of carbonyl (C=O) groups excluding carboxylic acids is 1. The van der Waals surface area contributed by atoms with Crippen molar-refractivity contribution in [3.8, 4) is 11.4 Å². The molecule has 31 heavy (non-hydrogen) atoms. The van der Waals surface area contributed by atoms with Crippen molar-refractivity contribution < 1.29 is 14.3 Å². The second-order valence-corrected chi connectivity index (χ2v) is 7.26. The molecule has 0 unspecified atom stereocenters. The van der Waals surface area contributed by atoms with E-state index in [1.54, 1.807) is 67.6 Å². The fourth-order valence-corrected chi connectivity index (χ4v) is 3.08. The highest BCUT2D eigenvalue weighted by Gasteiger charge is 2.14. The number of anilines is 2. The molecular formula is C21H20Cl2N4O4. The highest BCUT2D eigenvalue weighted by Crippen LogP contribution is 2.21. The third kappa shape index (κ3) is 5.68. The molecule has 1 heterocycles. The maximum absolute atomic E-state index is 12.7. The number of carbonyl (C=O) groups is 1. The van der Waals surface area contributed by atoms with Crippen LogP contribution in [0.1, 0.15) is 0 Å². The van der Waals surface area contributed by atoms with Gasteiger partial charge in [-0.15, -0.1) is 0 Å². The van der Waals surface area contributed by atoms with Crippen LogP contribution in [0.2, 0.25) is 10.0 Å². The predicted molar refractivity (Wildman–Crippen MR) is 121 cm³/mol. The van der Waals surface area contributed by atoms with Gasteiger partial charge in [-0.05, 0) is 48.5 Å². The number of ether oxygens (including phenoxy) is 2. The van der Waals surface area contributed by atoms with Crippen molar-refractivity contribution in [1.29, 1.82) is 0 Å². The van der Waals surface area contributed by atoms with Crippen LogP contribution in [-0.2, 0) is 4.74 Å². The Balaban J connectivity index is 1.60. The lowest BCUT2D eigenvalue weighted by Crippen LogP contribution is -2.29. The van der Waals surface area contributed by atoms with Gasteiger partial charge in [-0.3, -0.25) is 10.1 Å². The van der Waals surface area contributed by atoms with Crippen molar-refractivity contribution in [2.75, 3.05) is 37.5 Å². The van der Waals surface area contributed by atoms with E-state index in [1.807, 2.05) is 0 Å². The summed E-state index contributed by atoms with van der Waals surface area (Å²) < 4.78 is 11.5. The molecule has 0 aliphatic rings. The van der Waals surface area contributed by atoms with E-state index < -0.39 is 11.7 Å². The number of nitrogens with zero attached hydrogens (tertiary/aromatic N) is 3. The first kappa shape index (κ1) is 22.5. The molecule has 0 radical (unpaired) electrons. The van der Waals surface area contributed by atoms with Crippen molar-refractivity contribution in [1.82, 2.24) is 9.78 Å². The van der Waals surface area contributed by atoms with E-state index in [0.717, 1.165) is 0 Å². The summed E-state index contributed by atoms with van der Waals surface area (Å²) in [6.45, 7) is 0.384. The zero-order chi connectivity index (χ0) is 22.4. The number of hydrogen-bond donors (Lipinski definition) is 1. The van der Waals surface area contributed by atoms with Crippen LogP contribution in [0.4, 0.5) is 16.2 Å². The number of benzene rings is 2. The number of aromatic nitrogens is 2. The lowest BCUT2D eigenvalue weighted by Gasteiger charge is -2.20. The van der Waals surface area contributed by atoms with E-state index in [2.05, 4.69) is 10.4 Å².